The summed E-state index contributed by atoms with van der Waals surface area (Å²) >= 11 is 3.18. The van der Waals surface area contributed by atoms with Crippen molar-refractivity contribution in [1.82, 2.24) is 19.7 Å². The summed E-state index contributed by atoms with van der Waals surface area (Å²) in [7, 11) is 0. The van der Waals surface area contributed by atoms with Crippen molar-refractivity contribution < 1.29 is 4.79 Å². The zero-order chi connectivity index (χ0) is 15.6. The van der Waals surface area contributed by atoms with E-state index in [1.807, 2.05) is 44.7 Å². The predicted octanol–water partition coefficient (Wildman–Crippen LogP) is 3.37. The predicted molar refractivity (Wildman–Crippen MR) is 91.7 cm³/mol. The Morgan fingerprint density at radius 3 is 3.09 bits per heavy atom. The lowest BCUT2D eigenvalue weighted by Gasteiger charge is -2.23. The van der Waals surface area contributed by atoms with Crippen LogP contribution in [0.3, 0.4) is 0 Å². The fourth-order valence-corrected chi connectivity index (χ4v) is 4.56. The maximum absolute atomic E-state index is 12.8. The van der Waals surface area contributed by atoms with Crippen LogP contribution in [0.1, 0.15) is 23.3 Å². The molecule has 4 rings (SSSR count). The quantitative estimate of drug-likeness (QED) is 0.729. The summed E-state index contributed by atoms with van der Waals surface area (Å²) in [6, 6.07) is 6.15. The Balaban J connectivity index is 1.51. The first-order valence-corrected chi connectivity index (χ1v) is 9.35. The Morgan fingerprint density at radius 2 is 2.30 bits per heavy atom. The van der Waals surface area contributed by atoms with Crippen molar-refractivity contribution >= 4 is 28.6 Å². The molecule has 0 bridgehead atoms. The van der Waals surface area contributed by atoms with E-state index in [-0.39, 0.29) is 11.9 Å². The summed E-state index contributed by atoms with van der Waals surface area (Å²) in [5.74, 6) is 0.0405. The highest BCUT2D eigenvalue weighted by atomic mass is 32.1. The van der Waals surface area contributed by atoms with Gasteiger partial charge in [-0.3, -0.25) is 9.48 Å². The zero-order valence-corrected chi connectivity index (χ0v) is 14.1. The topological polar surface area (TPSA) is 51.0 Å². The van der Waals surface area contributed by atoms with Crippen LogP contribution in [0.15, 0.2) is 41.4 Å². The summed E-state index contributed by atoms with van der Waals surface area (Å²) in [4.78, 5) is 20.4. The minimum Gasteiger partial charge on any atom is -0.332 e. The van der Waals surface area contributed by atoms with Gasteiger partial charge in [0.1, 0.15) is 10.7 Å². The van der Waals surface area contributed by atoms with Gasteiger partial charge in [-0.05, 0) is 30.4 Å². The lowest BCUT2D eigenvalue weighted by Crippen LogP contribution is -2.38. The first-order valence-electron chi connectivity index (χ1n) is 7.59. The average molecular weight is 344 g/mol. The third-order valence-electron chi connectivity index (χ3n) is 4.05. The van der Waals surface area contributed by atoms with Crippen LogP contribution in [0, 0.1) is 0 Å². The molecule has 0 aliphatic carbocycles. The van der Waals surface area contributed by atoms with Crippen molar-refractivity contribution in [2.75, 3.05) is 6.54 Å². The Kier molecular flexibility index (Phi) is 3.97. The van der Waals surface area contributed by atoms with Crippen molar-refractivity contribution in [1.29, 1.82) is 0 Å². The molecule has 0 spiro atoms. The molecule has 0 aromatic carbocycles. The number of likely N-dealkylation sites (tertiary alicyclic amines) is 1. The van der Waals surface area contributed by atoms with E-state index in [0.29, 0.717) is 5.69 Å². The van der Waals surface area contributed by atoms with Gasteiger partial charge in [0.2, 0.25) is 0 Å². The first kappa shape index (κ1) is 14.6. The molecule has 23 heavy (non-hydrogen) atoms. The monoisotopic (exact) mass is 344 g/mol. The molecule has 0 unspecified atom stereocenters. The number of nitrogens with zero attached hydrogens (tertiary/aromatic N) is 4. The Hall–Kier alpha value is -1.99. The highest BCUT2D eigenvalue weighted by Gasteiger charge is 2.31. The maximum Gasteiger partial charge on any atom is 0.273 e. The SMILES string of the molecule is O=C(c1csc(-c2cccs2)n1)N1CCC[C@@H]1Cn1cccn1. The number of hydrogen-bond acceptors (Lipinski definition) is 5. The fourth-order valence-electron chi connectivity index (χ4n) is 2.95. The average Bonchev–Trinajstić information content (AvgIpc) is 3.33. The second kappa shape index (κ2) is 6.25. The number of hydrogen-bond donors (Lipinski definition) is 0. The van der Waals surface area contributed by atoms with Crippen molar-refractivity contribution in [3.63, 3.8) is 0 Å². The minimum absolute atomic E-state index is 0.0405. The molecule has 3 aromatic heterocycles. The van der Waals surface area contributed by atoms with E-state index in [2.05, 4.69) is 10.1 Å². The Labute approximate surface area is 142 Å². The highest BCUT2D eigenvalue weighted by Crippen LogP contribution is 2.29. The molecule has 3 aromatic rings. The van der Waals surface area contributed by atoms with Crippen LogP contribution >= 0.6 is 22.7 Å². The summed E-state index contributed by atoms with van der Waals surface area (Å²) in [5, 5.41) is 9.08. The molecule has 1 atom stereocenters. The molecule has 1 aliphatic heterocycles. The third kappa shape index (κ3) is 2.94. The van der Waals surface area contributed by atoms with Crippen molar-refractivity contribution in [2.24, 2.45) is 0 Å². The Morgan fingerprint density at radius 1 is 1.35 bits per heavy atom. The van der Waals surface area contributed by atoms with E-state index in [9.17, 15) is 4.79 Å². The molecule has 1 amide bonds. The van der Waals surface area contributed by atoms with E-state index >= 15 is 0 Å². The number of carbonyl (C=O) groups is 1. The van der Waals surface area contributed by atoms with Crippen LogP contribution in [0.4, 0.5) is 0 Å². The van der Waals surface area contributed by atoms with Crippen LogP contribution in [0.5, 0.6) is 0 Å². The van der Waals surface area contributed by atoms with Gasteiger partial charge in [-0.25, -0.2) is 4.98 Å². The number of aromatic nitrogens is 3. The van der Waals surface area contributed by atoms with Gasteiger partial charge in [-0.1, -0.05) is 6.07 Å². The van der Waals surface area contributed by atoms with Gasteiger partial charge in [0.15, 0.2) is 0 Å². The van der Waals surface area contributed by atoms with E-state index in [1.54, 1.807) is 17.5 Å². The summed E-state index contributed by atoms with van der Waals surface area (Å²) in [5.41, 5.74) is 0.561. The van der Waals surface area contributed by atoms with Crippen molar-refractivity contribution in [2.45, 2.75) is 25.4 Å². The van der Waals surface area contributed by atoms with Crippen LogP contribution in [0.2, 0.25) is 0 Å². The first-order chi connectivity index (χ1) is 11.3. The van der Waals surface area contributed by atoms with E-state index < -0.39 is 0 Å². The van der Waals surface area contributed by atoms with Gasteiger partial charge >= 0.3 is 0 Å². The number of amides is 1. The van der Waals surface area contributed by atoms with Gasteiger partial charge in [-0.2, -0.15) is 5.10 Å². The second-order valence-electron chi connectivity index (χ2n) is 5.54. The number of thiazole rings is 1. The van der Waals surface area contributed by atoms with Crippen molar-refractivity contribution in [3.8, 4) is 9.88 Å². The standard InChI is InChI=1S/C16H16N4OS2/c21-16(13-11-23-15(18-13)14-5-2-9-22-14)20-8-1-4-12(20)10-19-7-3-6-17-19/h2-3,5-7,9,11-12H,1,4,8,10H2/t12-/m1/s1. The summed E-state index contributed by atoms with van der Waals surface area (Å²) in [6.07, 6.45) is 5.78. The highest BCUT2D eigenvalue weighted by molar-refractivity contribution is 7.20. The number of carbonyl (C=O) groups excluding carboxylic acids is 1. The summed E-state index contributed by atoms with van der Waals surface area (Å²) < 4.78 is 1.90. The molecule has 1 fully saturated rings. The lowest BCUT2D eigenvalue weighted by molar-refractivity contribution is 0.0716. The van der Waals surface area contributed by atoms with Gasteiger partial charge in [0.25, 0.3) is 5.91 Å². The smallest absolute Gasteiger partial charge is 0.273 e. The van der Waals surface area contributed by atoms with Gasteiger partial charge in [0.05, 0.1) is 17.5 Å². The van der Waals surface area contributed by atoms with Crippen LogP contribution in [-0.4, -0.2) is 38.2 Å². The van der Waals surface area contributed by atoms with Gasteiger partial charge in [-0.15, -0.1) is 22.7 Å². The number of rotatable bonds is 4. The molecule has 0 saturated carbocycles. The van der Waals surface area contributed by atoms with Gasteiger partial charge in [0, 0.05) is 24.3 Å². The normalized spacial score (nSPS) is 17.7. The summed E-state index contributed by atoms with van der Waals surface area (Å²) in [6.45, 7) is 1.55. The number of thiophene rings is 1. The second-order valence-corrected chi connectivity index (χ2v) is 7.34. The van der Waals surface area contributed by atoms with Crippen LogP contribution in [0.25, 0.3) is 9.88 Å². The van der Waals surface area contributed by atoms with Crippen LogP contribution in [-0.2, 0) is 6.54 Å². The fraction of sp³-hybridized carbons (Fsp3) is 0.312. The molecule has 0 N–H and O–H groups in total. The maximum atomic E-state index is 12.8. The molecule has 1 aliphatic rings. The molecule has 4 heterocycles. The molecular formula is C16H16N4OS2. The van der Waals surface area contributed by atoms with Crippen molar-refractivity contribution in [3.05, 3.63) is 47.0 Å². The third-order valence-corrected chi connectivity index (χ3v) is 5.93. The van der Waals surface area contributed by atoms with Gasteiger partial charge < -0.3 is 4.90 Å². The Bertz CT molecular complexity index is 779. The molecule has 0 radical (unpaired) electrons. The molecule has 7 heteroatoms. The van der Waals surface area contributed by atoms with E-state index in [1.165, 1.54) is 11.3 Å². The minimum atomic E-state index is 0.0405. The molecule has 5 nitrogen and oxygen atoms in total. The van der Waals surface area contributed by atoms with Crippen LogP contribution < -0.4 is 0 Å². The molecular weight excluding hydrogens is 328 g/mol. The largest absolute Gasteiger partial charge is 0.332 e. The zero-order valence-electron chi connectivity index (χ0n) is 12.5. The molecule has 1 saturated heterocycles. The van der Waals surface area contributed by atoms with E-state index in [0.717, 1.165) is 35.8 Å². The molecule has 118 valence electrons. The lowest BCUT2D eigenvalue weighted by atomic mass is 10.2. The van der Waals surface area contributed by atoms with E-state index in [4.69, 9.17) is 0 Å².